The van der Waals surface area contributed by atoms with Crippen molar-refractivity contribution < 1.29 is 18.9 Å². The molecule has 0 bridgehead atoms. The van der Waals surface area contributed by atoms with Gasteiger partial charge in [-0.05, 0) is 26.2 Å². The van der Waals surface area contributed by atoms with Gasteiger partial charge in [-0.2, -0.15) is 0 Å². The summed E-state index contributed by atoms with van der Waals surface area (Å²) in [5, 5.41) is 0. The van der Waals surface area contributed by atoms with Crippen molar-refractivity contribution in [2.45, 2.75) is 56.4 Å². The molecule has 0 saturated carbocycles. The Hall–Kier alpha value is -1.20. The average Bonchev–Trinajstić information content (AvgIpc) is 2.57. The molecule has 3 heterocycles. The molecule has 5 atom stereocenters. The Labute approximate surface area is 137 Å². The number of fused-ring (bicyclic) bond motifs is 2. The van der Waals surface area contributed by atoms with Crippen LogP contribution in [-0.2, 0) is 18.9 Å². The van der Waals surface area contributed by atoms with Gasteiger partial charge in [0.1, 0.15) is 17.8 Å². The van der Waals surface area contributed by atoms with Crippen LogP contribution in [0.3, 0.4) is 0 Å². The third-order valence-corrected chi connectivity index (χ3v) is 5.03. The van der Waals surface area contributed by atoms with Gasteiger partial charge in [-0.25, -0.2) is 0 Å². The molecule has 2 saturated heterocycles. The SMILES string of the molecule is C[C@]12C/C=C\[C@H]3OCCC[C@@H]3O[C@@H]1CO[C@H](c1ccccc1)O2. The van der Waals surface area contributed by atoms with Crippen LogP contribution in [0.5, 0.6) is 0 Å². The van der Waals surface area contributed by atoms with E-state index < -0.39 is 0 Å². The number of benzene rings is 1. The Morgan fingerprint density at radius 2 is 2.00 bits per heavy atom. The highest BCUT2D eigenvalue weighted by Crippen LogP contribution is 2.39. The molecule has 4 nitrogen and oxygen atoms in total. The monoisotopic (exact) mass is 316 g/mol. The minimum atomic E-state index is -0.377. The van der Waals surface area contributed by atoms with Crippen LogP contribution in [0.1, 0.15) is 38.0 Å². The maximum atomic E-state index is 6.36. The van der Waals surface area contributed by atoms with E-state index in [1.165, 1.54) is 0 Å². The Morgan fingerprint density at radius 3 is 2.87 bits per heavy atom. The molecule has 0 N–H and O–H groups in total. The van der Waals surface area contributed by atoms with Gasteiger partial charge in [0.05, 0.1) is 12.7 Å². The Morgan fingerprint density at radius 1 is 1.13 bits per heavy atom. The Kier molecular flexibility index (Phi) is 4.24. The molecule has 0 radical (unpaired) electrons. The van der Waals surface area contributed by atoms with E-state index >= 15 is 0 Å². The summed E-state index contributed by atoms with van der Waals surface area (Å²) >= 11 is 0. The van der Waals surface area contributed by atoms with Gasteiger partial charge in [-0.15, -0.1) is 0 Å². The fourth-order valence-electron chi connectivity index (χ4n) is 3.59. The van der Waals surface area contributed by atoms with Crippen molar-refractivity contribution in [3.05, 3.63) is 48.0 Å². The number of ether oxygens (including phenoxy) is 4. The second-order valence-electron chi connectivity index (χ2n) is 6.78. The average molecular weight is 316 g/mol. The first-order chi connectivity index (χ1) is 11.2. The van der Waals surface area contributed by atoms with Gasteiger partial charge in [0.2, 0.25) is 0 Å². The van der Waals surface area contributed by atoms with Crippen LogP contribution in [0.2, 0.25) is 0 Å². The standard InChI is InChI=1S/C19H24O4/c1-19-11-5-9-15-16(10-6-12-20-15)22-17(19)13-21-18(23-19)14-7-3-2-4-8-14/h2-5,7-9,15-18H,6,10-13H2,1H3/b9-5-/t15-,16+,17-,18+,19+/m1/s1. The highest BCUT2D eigenvalue weighted by Gasteiger charge is 2.45. The molecule has 0 amide bonds. The predicted octanol–water partition coefficient (Wildman–Crippen LogP) is 3.38. The first-order valence-electron chi connectivity index (χ1n) is 8.53. The summed E-state index contributed by atoms with van der Waals surface area (Å²) in [6.07, 6.45) is 6.99. The maximum absolute atomic E-state index is 6.36. The lowest BCUT2D eigenvalue weighted by atomic mass is 9.90. The molecule has 1 aromatic rings. The molecule has 2 fully saturated rings. The van der Waals surface area contributed by atoms with Crippen molar-refractivity contribution >= 4 is 0 Å². The van der Waals surface area contributed by atoms with Crippen LogP contribution >= 0.6 is 0 Å². The van der Waals surface area contributed by atoms with Gasteiger partial charge in [-0.1, -0.05) is 42.5 Å². The topological polar surface area (TPSA) is 36.9 Å². The molecule has 1 aromatic carbocycles. The van der Waals surface area contributed by atoms with E-state index in [1.807, 2.05) is 30.3 Å². The second kappa shape index (κ2) is 6.36. The van der Waals surface area contributed by atoms with Crippen molar-refractivity contribution in [3.63, 3.8) is 0 Å². The van der Waals surface area contributed by atoms with E-state index in [4.69, 9.17) is 18.9 Å². The quantitative estimate of drug-likeness (QED) is 0.744. The molecule has 0 aliphatic carbocycles. The van der Waals surface area contributed by atoms with Crippen molar-refractivity contribution in [1.82, 2.24) is 0 Å². The fourth-order valence-corrected chi connectivity index (χ4v) is 3.59. The van der Waals surface area contributed by atoms with Crippen molar-refractivity contribution in [2.75, 3.05) is 13.2 Å². The van der Waals surface area contributed by atoms with Crippen LogP contribution < -0.4 is 0 Å². The Bertz CT molecular complexity index is 558. The molecular weight excluding hydrogens is 292 g/mol. The molecular formula is C19H24O4. The van der Waals surface area contributed by atoms with Crippen LogP contribution in [0, 0.1) is 0 Å². The van der Waals surface area contributed by atoms with E-state index in [-0.39, 0.29) is 30.2 Å². The summed E-state index contributed by atoms with van der Waals surface area (Å²) in [6.45, 7) is 3.50. The first-order valence-corrected chi connectivity index (χ1v) is 8.53. The van der Waals surface area contributed by atoms with E-state index in [0.717, 1.165) is 31.4 Å². The van der Waals surface area contributed by atoms with Crippen LogP contribution in [-0.4, -0.2) is 37.1 Å². The third-order valence-electron chi connectivity index (χ3n) is 5.03. The molecule has 0 spiro atoms. The summed E-state index contributed by atoms with van der Waals surface area (Å²) in [5.41, 5.74) is 0.676. The summed E-state index contributed by atoms with van der Waals surface area (Å²) in [7, 11) is 0. The largest absolute Gasteiger partial charge is 0.371 e. The van der Waals surface area contributed by atoms with Crippen molar-refractivity contribution in [3.8, 4) is 0 Å². The third kappa shape index (κ3) is 3.09. The number of rotatable bonds is 1. The van der Waals surface area contributed by atoms with Gasteiger partial charge in [0, 0.05) is 12.2 Å². The normalized spacial score (nSPS) is 42.0. The second-order valence-corrected chi connectivity index (χ2v) is 6.78. The van der Waals surface area contributed by atoms with Crippen LogP contribution in [0.15, 0.2) is 42.5 Å². The molecule has 124 valence electrons. The van der Waals surface area contributed by atoms with E-state index in [9.17, 15) is 0 Å². The number of hydrogen-bond acceptors (Lipinski definition) is 4. The zero-order valence-corrected chi connectivity index (χ0v) is 13.5. The maximum Gasteiger partial charge on any atom is 0.184 e. The summed E-state index contributed by atoms with van der Waals surface area (Å²) in [5.74, 6) is 0. The molecule has 3 aliphatic rings. The predicted molar refractivity (Wildman–Crippen MR) is 86.0 cm³/mol. The van der Waals surface area contributed by atoms with Crippen molar-refractivity contribution in [2.24, 2.45) is 0 Å². The van der Waals surface area contributed by atoms with Gasteiger partial charge in [0.15, 0.2) is 6.29 Å². The Balaban J connectivity index is 1.55. The zero-order chi connectivity index (χ0) is 15.7. The lowest BCUT2D eigenvalue weighted by Gasteiger charge is -2.47. The van der Waals surface area contributed by atoms with E-state index in [2.05, 4.69) is 19.1 Å². The van der Waals surface area contributed by atoms with Gasteiger partial charge in [-0.3, -0.25) is 0 Å². The molecule has 4 heteroatoms. The minimum Gasteiger partial charge on any atom is -0.371 e. The number of hydrogen-bond donors (Lipinski definition) is 0. The lowest BCUT2D eigenvalue weighted by Crippen LogP contribution is -2.55. The molecule has 0 unspecified atom stereocenters. The molecule has 23 heavy (non-hydrogen) atoms. The molecule has 0 aromatic heterocycles. The van der Waals surface area contributed by atoms with Gasteiger partial charge < -0.3 is 18.9 Å². The zero-order valence-electron chi connectivity index (χ0n) is 13.5. The fraction of sp³-hybridized carbons (Fsp3) is 0.579. The minimum absolute atomic E-state index is 0.0680. The van der Waals surface area contributed by atoms with Crippen LogP contribution in [0.4, 0.5) is 0 Å². The smallest absolute Gasteiger partial charge is 0.184 e. The highest BCUT2D eigenvalue weighted by atomic mass is 16.7. The highest BCUT2D eigenvalue weighted by molar-refractivity contribution is 5.17. The molecule has 4 rings (SSSR count). The van der Waals surface area contributed by atoms with Crippen LogP contribution in [0.25, 0.3) is 0 Å². The molecule has 3 aliphatic heterocycles. The van der Waals surface area contributed by atoms with E-state index in [0.29, 0.717) is 6.61 Å². The van der Waals surface area contributed by atoms with E-state index in [1.54, 1.807) is 0 Å². The summed E-state index contributed by atoms with van der Waals surface area (Å²) in [6, 6.07) is 10.1. The van der Waals surface area contributed by atoms with Gasteiger partial charge in [0.25, 0.3) is 0 Å². The van der Waals surface area contributed by atoms with Crippen molar-refractivity contribution in [1.29, 1.82) is 0 Å². The summed E-state index contributed by atoms with van der Waals surface area (Å²) in [4.78, 5) is 0. The first kappa shape index (κ1) is 15.3. The lowest BCUT2D eigenvalue weighted by molar-refractivity contribution is -0.316. The summed E-state index contributed by atoms with van der Waals surface area (Å²) < 4.78 is 24.5. The van der Waals surface area contributed by atoms with Gasteiger partial charge >= 0.3 is 0 Å².